The molecule has 0 radical (unpaired) electrons. The molecular formula is C23H27F8NO7S2. The van der Waals surface area contributed by atoms with Crippen molar-refractivity contribution in [3.8, 4) is 0 Å². The second kappa shape index (κ2) is 9.51. The molecular weight excluding hydrogens is 618 g/mol. The molecule has 0 aliphatic heterocycles. The molecule has 0 heterocycles. The van der Waals surface area contributed by atoms with Crippen molar-refractivity contribution < 1.29 is 66.3 Å². The normalized spacial score (nSPS) is 31.0. The van der Waals surface area contributed by atoms with Gasteiger partial charge in [0.25, 0.3) is 6.10 Å². The molecule has 4 bridgehead atoms. The van der Waals surface area contributed by atoms with Crippen molar-refractivity contribution in [2.24, 2.45) is 28.6 Å². The molecule has 234 valence electrons. The van der Waals surface area contributed by atoms with Crippen LogP contribution in [-0.2, 0) is 34.4 Å². The van der Waals surface area contributed by atoms with Gasteiger partial charge in [-0.05, 0) is 68.1 Å². The Bertz CT molecular complexity index is 1330. The van der Waals surface area contributed by atoms with Gasteiger partial charge in [-0.25, -0.2) is 0 Å². The Labute approximate surface area is 230 Å². The summed E-state index contributed by atoms with van der Waals surface area (Å²) in [6.07, 6.45) is -10.6. The lowest BCUT2D eigenvalue weighted by atomic mass is 9.49. The summed E-state index contributed by atoms with van der Waals surface area (Å²) in [4.78, 5) is 25.1. The zero-order valence-electron chi connectivity index (χ0n) is 21.7. The second-order valence-electron chi connectivity index (χ2n) is 12.4. The van der Waals surface area contributed by atoms with E-state index in [2.05, 4.69) is 4.74 Å². The van der Waals surface area contributed by atoms with E-state index in [-0.39, 0.29) is 43.1 Å². The molecule has 8 nitrogen and oxygen atoms in total. The summed E-state index contributed by atoms with van der Waals surface area (Å²) >= 11 is 0. The molecule has 5 aliphatic carbocycles. The van der Waals surface area contributed by atoms with Gasteiger partial charge in [-0.2, -0.15) is 55.7 Å². The Morgan fingerprint density at radius 2 is 1.34 bits per heavy atom. The van der Waals surface area contributed by atoms with E-state index in [9.17, 15) is 52.8 Å². The average molecular weight is 646 g/mol. The van der Waals surface area contributed by atoms with Crippen molar-refractivity contribution in [1.29, 1.82) is 0 Å². The van der Waals surface area contributed by atoms with Gasteiger partial charge in [0, 0.05) is 12.5 Å². The predicted octanol–water partition coefficient (Wildman–Crippen LogP) is 5.02. The standard InChI is InChI=1S/C23H27F8NO7S2/c1-19(2)10-15(6-16(33)11-19)32(41(37,38)23(29,30)31)40(35,36)22(27,28)17(21(24,25)26)39-18(34)20-7-12-3-13(8-20)5-14(4-12)9-20/h6,12-14,17H,3-5,7-11H2,1-2H3. The van der Waals surface area contributed by atoms with E-state index in [1.54, 1.807) is 0 Å². The van der Waals surface area contributed by atoms with Crippen LogP contribution >= 0.6 is 0 Å². The van der Waals surface area contributed by atoms with E-state index in [0.29, 0.717) is 19.3 Å². The van der Waals surface area contributed by atoms with Gasteiger partial charge in [-0.1, -0.05) is 13.8 Å². The molecule has 0 N–H and O–H groups in total. The van der Waals surface area contributed by atoms with E-state index in [4.69, 9.17) is 0 Å². The van der Waals surface area contributed by atoms with Crippen LogP contribution in [0.5, 0.6) is 0 Å². The van der Waals surface area contributed by atoms with Crippen LogP contribution in [0, 0.1) is 28.6 Å². The Morgan fingerprint density at radius 1 is 0.878 bits per heavy atom. The first-order chi connectivity index (χ1) is 18.3. The highest BCUT2D eigenvalue weighted by atomic mass is 32.3. The first-order valence-electron chi connectivity index (χ1n) is 12.6. The maximum atomic E-state index is 15.5. The van der Waals surface area contributed by atoms with Crippen LogP contribution in [0.4, 0.5) is 35.1 Å². The third-order valence-corrected chi connectivity index (χ3v) is 12.3. The molecule has 4 fully saturated rings. The van der Waals surface area contributed by atoms with Crippen molar-refractivity contribution in [3.63, 3.8) is 0 Å². The van der Waals surface area contributed by atoms with Crippen molar-refractivity contribution in [2.75, 3.05) is 0 Å². The number of esters is 1. The van der Waals surface area contributed by atoms with E-state index < -0.39 is 87.9 Å². The van der Waals surface area contributed by atoms with Gasteiger partial charge >= 0.3 is 43.0 Å². The van der Waals surface area contributed by atoms with Crippen LogP contribution in [-0.4, -0.2) is 55.3 Å². The maximum Gasteiger partial charge on any atom is 0.517 e. The van der Waals surface area contributed by atoms with Crippen LogP contribution < -0.4 is 0 Å². The van der Waals surface area contributed by atoms with Gasteiger partial charge in [-0.15, -0.1) is 0 Å². The molecule has 5 aliphatic rings. The number of carbonyl (C=O) groups excluding carboxylic acids is 2. The van der Waals surface area contributed by atoms with Crippen LogP contribution in [0.3, 0.4) is 0 Å². The minimum absolute atomic E-state index is 0.0143. The van der Waals surface area contributed by atoms with Crippen LogP contribution in [0.2, 0.25) is 0 Å². The molecule has 1 unspecified atom stereocenters. The summed E-state index contributed by atoms with van der Waals surface area (Å²) < 4.78 is 167. The van der Waals surface area contributed by atoms with E-state index in [1.165, 1.54) is 13.8 Å². The third kappa shape index (κ3) is 5.46. The number of rotatable bonds is 7. The minimum atomic E-state index is -7.52. The Kier molecular flexibility index (Phi) is 7.41. The molecule has 0 aromatic heterocycles. The summed E-state index contributed by atoms with van der Waals surface area (Å²) in [5.74, 6) is -3.19. The van der Waals surface area contributed by atoms with E-state index in [0.717, 1.165) is 0 Å². The number of ether oxygens (including phenoxy) is 1. The highest BCUT2D eigenvalue weighted by Crippen LogP contribution is 2.61. The molecule has 5 rings (SSSR count). The van der Waals surface area contributed by atoms with Gasteiger partial charge in [0.05, 0.1) is 11.1 Å². The number of alkyl halides is 8. The summed E-state index contributed by atoms with van der Waals surface area (Å²) in [5.41, 5.74) is -11.3. The molecule has 18 heteroatoms. The second-order valence-corrected chi connectivity index (χ2v) is 16.2. The lowest BCUT2D eigenvalue weighted by Crippen LogP contribution is -2.60. The number of halogens is 8. The van der Waals surface area contributed by atoms with Gasteiger partial charge in [0.15, 0.2) is 5.78 Å². The lowest BCUT2D eigenvalue weighted by molar-refractivity contribution is -0.265. The number of ketones is 1. The largest absolute Gasteiger partial charge is 0.517 e. The van der Waals surface area contributed by atoms with Gasteiger partial charge in [0.2, 0.25) is 0 Å². The van der Waals surface area contributed by atoms with E-state index >= 15 is 8.78 Å². The summed E-state index contributed by atoms with van der Waals surface area (Å²) in [5, 5.41) is -6.47. The average Bonchev–Trinajstić information content (AvgIpc) is 2.72. The first-order valence-corrected chi connectivity index (χ1v) is 15.5. The van der Waals surface area contributed by atoms with Crippen LogP contribution in [0.15, 0.2) is 11.8 Å². The highest BCUT2D eigenvalue weighted by Gasteiger charge is 2.72. The molecule has 0 saturated heterocycles. The zero-order chi connectivity index (χ0) is 31.2. The van der Waals surface area contributed by atoms with Crippen molar-refractivity contribution in [2.45, 2.75) is 88.3 Å². The van der Waals surface area contributed by atoms with Crippen LogP contribution in [0.1, 0.15) is 65.2 Å². The highest BCUT2D eigenvalue weighted by molar-refractivity contribution is 8.05. The Balaban J connectivity index is 1.79. The molecule has 4 saturated carbocycles. The maximum absolute atomic E-state index is 15.5. The predicted molar refractivity (Wildman–Crippen MR) is 123 cm³/mol. The van der Waals surface area contributed by atoms with Gasteiger partial charge < -0.3 is 4.74 Å². The summed E-state index contributed by atoms with van der Waals surface area (Å²) in [6, 6.07) is 0. The zero-order valence-corrected chi connectivity index (χ0v) is 23.3. The fourth-order valence-electron chi connectivity index (χ4n) is 7.13. The Hall–Kier alpha value is -1.98. The smallest absolute Gasteiger partial charge is 0.444 e. The van der Waals surface area contributed by atoms with Crippen molar-refractivity contribution >= 4 is 31.8 Å². The van der Waals surface area contributed by atoms with Crippen molar-refractivity contribution in [1.82, 2.24) is 3.71 Å². The summed E-state index contributed by atoms with van der Waals surface area (Å²) in [7, 11) is -14.9. The van der Waals surface area contributed by atoms with E-state index in [1.807, 2.05) is 0 Å². The van der Waals surface area contributed by atoms with Gasteiger partial charge in [0.1, 0.15) is 0 Å². The first kappa shape index (κ1) is 31.9. The third-order valence-electron chi connectivity index (χ3n) is 8.25. The van der Waals surface area contributed by atoms with Gasteiger partial charge in [-0.3, -0.25) is 9.59 Å². The fraction of sp³-hybridized carbons (Fsp3) is 0.826. The number of sulfonamides is 2. The SMILES string of the molecule is CC1(C)CC(=O)C=C(N(S(=O)(=O)C(F)(F)F)S(=O)(=O)C(F)(F)C(OC(=O)C23CC4CC(CC(C4)C2)C3)C(F)(F)F)C1. The van der Waals surface area contributed by atoms with Crippen molar-refractivity contribution in [3.05, 3.63) is 11.8 Å². The lowest BCUT2D eigenvalue weighted by Gasteiger charge is -2.55. The molecule has 0 aromatic rings. The molecule has 41 heavy (non-hydrogen) atoms. The number of carbonyl (C=O) groups is 2. The molecule has 1 atom stereocenters. The fourth-order valence-corrected chi connectivity index (χ4v) is 10.4. The monoisotopic (exact) mass is 645 g/mol. The number of hydrogen-bond acceptors (Lipinski definition) is 7. The molecule has 0 spiro atoms. The number of nitrogens with zero attached hydrogens (tertiary/aromatic N) is 1. The summed E-state index contributed by atoms with van der Waals surface area (Å²) in [6.45, 7) is 2.35. The molecule has 0 aromatic carbocycles. The Morgan fingerprint density at radius 3 is 1.73 bits per heavy atom. The number of allylic oxidation sites excluding steroid dienone is 2. The minimum Gasteiger partial charge on any atom is -0.444 e. The topological polar surface area (TPSA) is 115 Å². The quantitative estimate of drug-likeness (QED) is 0.282. The number of hydrogen-bond donors (Lipinski definition) is 0. The van der Waals surface area contributed by atoms with Crippen LogP contribution in [0.25, 0.3) is 0 Å². The molecule has 0 amide bonds.